The number of benzene rings is 1. The summed E-state index contributed by atoms with van der Waals surface area (Å²) >= 11 is 0. The fourth-order valence-electron chi connectivity index (χ4n) is 2.81. The average Bonchev–Trinajstić information content (AvgIpc) is 2.91. The van der Waals surface area contributed by atoms with Gasteiger partial charge in [-0.3, -0.25) is 14.2 Å². The minimum absolute atomic E-state index is 0.141. The Hall–Kier alpha value is -2.95. The van der Waals surface area contributed by atoms with Crippen LogP contribution in [-0.4, -0.2) is 49.8 Å². The first-order valence-corrected chi connectivity index (χ1v) is 8.41. The number of aliphatic hydroxyl groups excluding tert-OH is 2. The lowest BCUT2D eigenvalue weighted by molar-refractivity contribution is -0.0355. The van der Waals surface area contributed by atoms with Crippen molar-refractivity contribution in [3.63, 3.8) is 0 Å². The van der Waals surface area contributed by atoms with Gasteiger partial charge in [-0.05, 0) is 26.0 Å². The maximum absolute atomic E-state index is 14.4. The molecule has 0 saturated carbocycles. The summed E-state index contributed by atoms with van der Waals surface area (Å²) in [4.78, 5) is 39.2. The van der Waals surface area contributed by atoms with Gasteiger partial charge in [-0.15, -0.1) is 0 Å². The van der Waals surface area contributed by atoms with Crippen molar-refractivity contribution in [2.75, 3.05) is 5.32 Å². The van der Waals surface area contributed by atoms with Gasteiger partial charge in [0.25, 0.3) is 5.91 Å². The molecule has 0 aliphatic carbocycles. The molecule has 9 nitrogen and oxygen atoms in total. The first kappa shape index (κ1) is 19.8. The van der Waals surface area contributed by atoms with Crippen molar-refractivity contribution >= 4 is 17.5 Å². The molecule has 3 N–H and O–H groups in total. The van der Waals surface area contributed by atoms with Crippen molar-refractivity contribution < 1.29 is 28.9 Å². The van der Waals surface area contributed by atoms with E-state index in [1.165, 1.54) is 38.1 Å². The Labute approximate surface area is 158 Å². The molecule has 4 atom stereocenters. The van der Waals surface area contributed by atoms with E-state index >= 15 is 0 Å². The van der Waals surface area contributed by atoms with Gasteiger partial charge in [0.1, 0.15) is 12.2 Å². The molecule has 1 aromatic carbocycles. The normalized spacial score (nSPS) is 24.2. The molecule has 1 aromatic heterocycles. The lowest BCUT2D eigenvalue weighted by atomic mass is 10.1. The zero-order valence-corrected chi connectivity index (χ0v) is 15.0. The summed E-state index contributed by atoms with van der Waals surface area (Å²) in [5.74, 6) is -2.51. The van der Waals surface area contributed by atoms with Crippen molar-refractivity contribution in [2.45, 2.75) is 38.4 Å². The van der Waals surface area contributed by atoms with Crippen molar-refractivity contribution in [2.24, 2.45) is 0 Å². The Balaban J connectivity index is 1.82. The van der Waals surface area contributed by atoms with Crippen LogP contribution in [0.5, 0.6) is 0 Å². The smallest absolute Gasteiger partial charge is 0.351 e. The van der Waals surface area contributed by atoms with Crippen molar-refractivity contribution in [3.8, 4) is 0 Å². The molecule has 148 valence electrons. The summed E-state index contributed by atoms with van der Waals surface area (Å²) in [6, 6.07) is 5.67. The van der Waals surface area contributed by atoms with Gasteiger partial charge in [-0.2, -0.15) is 4.98 Å². The van der Waals surface area contributed by atoms with E-state index in [0.717, 1.165) is 6.20 Å². The van der Waals surface area contributed by atoms with Gasteiger partial charge in [-0.25, -0.2) is 9.18 Å². The SMILES string of the molecule is CC(=O)c1ccc(C(=O)Nc2nc(=O)n([C@@H]3O[C@H](C)C(O)C3O)cc2F)cc1. The predicted octanol–water partition coefficient (Wildman–Crippen LogP) is 0.476. The highest BCUT2D eigenvalue weighted by molar-refractivity contribution is 6.04. The molecule has 1 aliphatic rings. The molecule has 28 heavy (non-hydrogen) atoms. The van der Waals surface area contributed by atoms with Crippen LogP contribution in [-0.2, 0) is 4.74 Å². The zero-order chi connectivity index (χ0) is 20.6. The minimum Gasteiger partial charge on any atom is -0.388 e. The summed E-state index contributed by atoms with van der Waals surface area (Å²) in [5, 5.41) is 21.9. The number of amides is 1. The molecule has 2 heterocycles. The van der Waals surface area contributed by atoms with Crippen LogP contribution >= 0.6 is 0 Å². The highest BCUT2D eigenvalue weighted by Gasteiger charge is 2.42. The molecule has 0 radical (unpaired) electrons. The van der Waals surface area contributed by atoms with E-state index in [1.54, 1.807) is 0 Å². The molecule has 1 fully saturated rings. The van der Waals surface area contributed by atoms with E-state index < -0.39 is 47.8 Å². The van der Waals surface area contributed by atoms with E-state index in [1.807, 2.05) is 0 Å². The largest absolute Gasteiger partial charge is 0.388 e. The molecule has 0 bridgehead atoms. The highest BCUT2D eigenvalue weighted by Crippen LogP contribution is 2.28. The van der Waals surface area contributed by atoms with Gasteiger partial charge in [0.05, 0.1) is 12.3 Å². The molecular formula is C18H18FN3O6. The van der Waals surface area contributed by atoms with Crippen LogP contribution in [0, 0.1) is 5.82 Å². The second-order valence-corrected chi connectivity index (χ2v) is 6.43. The van der Waals surface area contributed by atoms with E-state index in [4.69, 9.17) is 4.74 Å². The Morgan fingerprint density at radius 3 is 2.32 bits per heavy atom. The maximum atomic E-state index is 14.4. The number of rotatable bonds is 4. The van der Waals surface area contributed by atoms with Gasteiger partial charge in [0.2, 0.25) is 0 Å². The third-order valence-electron chi connectivity index (χ3n) is 4.44. The summed E-state index contributed by atoms with van der Waals surface area (Å²) in [5.41, 5.74) is -0.425. The number of nitrogens with one attached hydrogen (secondary N) is 1. The van der Waals surface area contributed by atoms with Crippen LogP contribution in [0.4, 0.5) is 10.2 Å². The third-order valence-corrected chi connectivity index (χ3v) is 4.44. The highest BCUT2D eigenvalue weighted by atomic mass is 19.1. The van der Waals surface area contributed by atoms with E-state index in [9.17, 15) is 29.0 Å². The number of hydrogen-bond donors (Lipinski definition) is 3. The summed E-state index contributed by atoms with van der Waals surface area (Å²) in [6.07, 6.45) is -4.00. The summed E-state index contributed by atoms with van der Waals surface area (Å²) in [6.45, 7) is 2.88. The van der Waals surface area contributed by atoms with Crippen molar-refractivity contribution in [3.05, 3.63) is 57.9 Å². The molecule has 10 heteroatoms. The lowest BCUT2D eigenvalue weighted by Crippen LogP contribution is -2.36. The van der Waals surface area contributed by atoms with Gasteiger partial charge >= 0.3 is 5.69 Å². The molecule has 2 aromatic rings. The number of ether oxygens (including phenoxy) is 1. The molecule has 0 spiro atoms. The number of aliphatic hydroxyl groups is 2. The number of ketones is 1. The topological polar surface area (TPSA) is 131 Å². The molecular weight excluding hydrogens is 373 g/mol. The van der Waals surface area contributed by atoms with Gasteiger partial charge in [-0.1, -0.05) is 12.1 Å². The first-order chi connectivity index (χ1) is 13.2. The number of aromatic nitrogens is 2. The molecule has 2 unspecified atom stereocenters. The van der Waals surface area contributed by atoms with E-state index in [0.29, 0.717) is 10.1 Å². The van der Waals surface area contributed by atoms with Crippen LogP contribution in [0.15, 0.2) is 35.3 Å². The second kappa shape index (κ2) is 7.58. The number of hydrogen-bond acceptors (Lipinski definition) is 7. The summed E-state index contributed by atoms with van der Waals surface area (Å²) < 4.78 is 20.4. The first-order valence-electron chi connectivity index (χ1n) is 8.41. The Morgan fingerprint density at radius 1 is 1.18 bits per heavy atom. The maximum Gasteiger partial charge on any atom is 0.351 e. The fourth-order valence-corrected chi connectivity index (χ4v) is 2.81. The Bertz CT molecular complexity index is 974. The molecule has 1 amide bonds. The number of halogens is 1. The molecule has 1 aliphatic heterocycles. The number of nitrogens with zero attached hydrogens (tertiary/aromatic N) is 2. The van der Waals surface area contributed by atoms with Gasteiger partial charge in [0.15, 0.2) is 23.6 Å². The quantitative estimate of drug-likeness (QED) is 0.646. The lowest BCUT2D eigenvalue weighted by Gasteiger charge is -2.17. The van der Waals surface area contributed by atoms with Crippen LogP contribution in [0.3, 0.4) is 0 Å². The van der Waals surface area contributed by atoms with Crippen molar-refractivity contribution in [1.82, 2.24) is 9.55 Å². The van der Waals surface area contributed by atoms with Crippen LogP contribution in [0.2, 0.25) is 0 Å². The monoisotopic (exact) mass is 391 g/mol. The fraction of sp³-hybridized carbons (Fsp3) is 0.333. The average molecular weight is 391 g/mol. The Kier molecular flexibility index (Phi) is 5.36. The summed E-state index contributed by atoms with van der Waals surface area (Å²) in [7, 11) is 0. The van der Waals surface area contributed by atoms with E-state index in [2.05, 4.69) is 10.3 Å². The van der Waals surface area contributed by atoms with Crippen molar-refractivity contribution in [1.29, 1.82) is 0 Å². The predicted molar refractivity (Wildman–Crippen MR) is 94.5 cm³/mol. The Morgan fingerprint density at radius 2 is 1.79 bits per heavy atom. The molecule has 3 rings (SSSR count). The number of carbonyl (C=O) groups excluding carboxylic acids is 2. The number of Topliss-reactive ketones (excluding diaryl/α,β-unsaturated/α-hetero) is 1. The third kappa shape index (κ3) is 3.70. The molecule has 1 saturated heterocycles. The minimum atomic E-state index is -1.44. The number of carbonyl (C=O) groups is 2. The van der Waals surface area contributed by atoms with Crippen LogP contribution in [0.1, 0.15) is 40.8 Å². The van der Waals surface area contributed by atoms with E-state index in [-0.39, 0.29) is 11.3 Å². The van der Waals surface area contributed by atoms with Crippen LogP contribution < -0.4 is 11.0 Å². The second-order valence-electron chi connectivity index (χ2n) is 6.43. The van der Waals surface area contributed by atoms with Crippen LogP contribution in [0.25, 0.3) is 0 Å². The number of anilines is 1. The standard InChI is InChI=1S/C18H18FN3O6/c1-8(23)10-3-5-11(6-4-10)16(26)20-15-12(19)7-22(18(27)21-15)17-14(25)13(24)9(2)28-17/h3-7,9,13-14,17,24-25H,1-2H3,(H,20,21,26,27)/t9-,13?,14?,17-/m1/s1. The zero-order valence-electron chi connectivity index (χ0n) is 15.0. The van der Waals surface area contributed by atoms with Gasteiger partial charge in [0, 0.05) is 11.1 Å². The van der Waals surface area contributed by atoms with Gasteiger partial charge < -0.3 is 20.3 Å².